The summed E-state index contributed by atoms with van der Waals surface area (Å²) in [5.41, 5.74) is 1.18. The molecule has 0 spiro atoms. The van der Waals surface area contributed by atoms with E-state index < -0.39 is 4.92 Å². The van der Waals surface area contributed by atoms with Crippen molar-refractivity contribution in [2.45, 2.75) is 13.3 Å². The van der Waals surface area contributed by atoms with Crippen LogP contribution in [0, 0.1) is 10.1 Å². The molecule has 0 bridgehead atoms. The number of nitrogens with zero attached hydrogens (tertiary/aromatic N) is 1. The number of nitro benzene ring substituents is 1. The minimum atomic E-state index is -0.503. The van der Waals surface area contributed by atoms with Crippen LogP contribution in [-0.4, -0.2) is 30.6 Å². The average molecular weight is 343 g/mol. The van der Waals surface area contributed by atoms with Gasteiger partial charge in [0.1, 0.15) is 5.69 Å². The van der Waals surface area contributed by atoms with Crippen LogP contribution in [0.25, 0.3) is 0 Å². The number of amides is 1. The van der Waals surface area contributed by atoms with Crippen LogP contribution in [-0.2, 0) is 4.74 Å². The number of carbonyl (C=O) groups is 1. The van der Waals surface area contributed by atoms with Gasteiger partial charge in [-0.05, 0) is 37.6 Å². The molecular weight excluding hydrogens is 322 g/mol. The quantitative estimate of drug-likeness (QED) is 0.413. The molecule has 1 amide bonds. The van der Waals surface area contributed by atoms with Crippen molar-refractivity contribution in [1.29, 1.82) is 0 Å². The third kappa shape index (κ3) is 5.58. The monoisotopic (exact) mass is 343 g/mol. The van der Waals surface area contributed by atoms with Gasteiger partial charge in [0.25, 0.3) is 11.6 Å². The summed E-state index contributed by atoms with van der Waals surface area (Å²) in [7, 11) is 0. The zero-order valence-electron chi connectivity index (χ0n) is 14.0. The van der Waals surface area contributed by atoms with E-state index in [1.165, 1.54) is 6.07 Å². The number of para-hydroxylation sites is 1. The van der Waals surface area contributed by atoms with Gasteiger partial charge in [0.05, 0.1) is 4.92 Å². The first kappa shape index (κ1) is 18.4. The van der Waals surface area contributed by atoms with Crippen LogP contribution in [0.2, 0.25) is 0 Å². The molecule has 0 aromatic heterocycles. The van der Waals surface area contributed by atoms with Crippen molar-refractivity contribution in [2.75, 3.05) is 25.1 Å². The molecule has 0 aliphatic heterocycles. The number of hydrogen-bond acceptors (Lipinski definition) is 5. The first-order valence-electron chi connectivity index (χ1n) is 8.08. The van der Waals surface area contributed by atoms with E-state index in [2.05, 4.69) is 10.6 Å². The molecule has 132 valence electrons. The molecule has 25 heavy (non-hydrogen) atoms. The maximum Gasteiger partial charge on any atom is 0.293 e. The molecule has 0 saturated carbocycles. The van der Waals surface area contributed by atoms with Crippen LogP contribution in [0.15, 0.2) is 48.5 Å². The highest BCUT2D eigenvalue weighted by molar-refractivity contribution is 5.95. The smallest absolute Gasteiger partial charge is 0.293 e. The number of carbonyl (C=O) groups excluding carboxylic acids is 1. The summed E-state index contributed by atoms with van der Waals surface area (Å²) in [6.45, 7) is 3.56. The lowest BCUT2D eigenvalue weighted by atomic mass is 10.1. The molecule has 0 atom stereocenters. The second-order valence-electron chi connectivity index (χ2n) is 5.29. The number of rotatable bonds is 9. The van der Waals surface area contributed by atoms with Crippen molar-refractivity contribution in [3.8, 4) is 0 Å². The Morgan fingerprint density at radius 2 is 1.96 bits per heavy atom. The molecule has 2 aromatic rings. The van der Waals surface area contributed by atoms with Crippen LogP contribution in [0.5, 0.6) is 0 Å². The largest absolute Gasteiger partial charge is 0.382 e. The first-order valence-corrected chi connectivity index (χ1v) is 8.08. The Kier molecular flexibility index (Phi) is 6.91. The maximum atomic E-state index is 12.1. The lowest BCUT2D eigenvalue weighted by Gasteiger charge is -2.09. The third-order valence-electron chi connectivity index (χ3n) is 3.46. The average Bonchev–Trinajstić information content (AvgIpc) is 2.62. The van der Waals surface area contributed by atoms with Crippen LogP contribution >= 0.6 is 0 Å². The minimum Gasteiger partial charge on any atom is -0.382 e. The topological polar surface area (TPSA) is 93.5 Å². The summed E-state index contributed by atoms with van der Waals surface area (Å²) in [5, 5.41) is 17.1. The van der Waals surface area contributed by atoms with Gasteiger partial charge in [0, 0.05) is 37.1 Å². The van der Waals surface area contributed by atoms with Crippen molar-refractivity contribution in [2.24, 2.45) is 0 Å². The number of nitro groups is 1. The van der Waals surface area contributed by atoms with E-state index in [9.17, 15) is 14.9 Å². The van der Waals surface area contributed by atoms with Gasteiger partial charge >= 0.3 is 0 Å². The lowest BCUT2D eigenvalue weighted by molar-refractivity contribution is -0.383. The zero-order valence-corrected chi connectivity index (χ0v) is 14.0. The number of hydrogen-bond donors (Lipinski definition) is 2. The van der Waals surface area contributed by atoms with Gasteiger partial charge in [-0.2, -0.15) is 0 Å². The lowest BCUT2D eigenvalue weighted by Crippen LogP contribution is -2.25. The van der Waals surface area contributed by atoms with Gasteiger partial charge in [0.2, 0.25) is 0 Å². The highest BCUT2D eigenvalue weighted by atomic mass is 16.6. The van der Waals surface area contributed by atoms with Gasteiger partial charge in [-0.25, -0.2) is 0 Å². The molecular formula is C18H21N3O4. The van der Waals surface area contributed by atoms with E-state index in [1.807, 2.05) is 37.3 Å². The maximum absolute atomic E-state index is 12.1. The Hall–Kier alpha value is -2.93. The molecule has 2 rings (SSSR count). The van der Waals surface area contributed by atoms with E-state index >= 15 is 0 Å². The Labute approximate surface area is 146 Å². The summed E-state index contributed by atoms with van der Waals surface area (Å²) in [6, 6.07) is 13.5. The molecule has 0 unspecified atom stereocenters. The summed E-state index contributed by atoms with van der Waals surface area (Å²) < 4.78 is 5.20. The second-order valence-corrected chi connectivity index (χ2v) is 5.29. The van der Waals surface area contributed by atoms with Crippen molar-refractivity contribution in [3.05, 3.63) is 64.2 Å². The highest BCUT2D eigenvalue weighted by Crippen LogP contribution is 2.28. The molecule has 0 heterocycles. The fraction of sp³-hybridized carbons (Fsp3) is 0.278. The van der Waals surface area contributed by atoms with E-state index in [-0.39, 0.29) is 17.2 Å². The number of nitrogens with one attached hydrogen (secondary N) is 2. The molecule has 0 aliphatic carbocycles. The summed E-state index contributed by atoms with van der Waals surface area (Å²) >= 11 is 0. The predicted octanol–water partition coefficient (Wildman–Crippen LogP) is 3.49. The van der Waals surface area contributed by atoms with Crippen LogP contribution < -0.4 is 10.6 Å². The number of anilines is 2. The second kappa shape index (κ2) is 9.39. The van der Waals surface area contributed by atoms with Gasteiger partial charge in [-0.1, -0.05) is 18.2 Å². The van der Waals surface area contributed by atoms with Gasteiger partial charge in [0.15, 0.2) is 0 Å². The molecule has 0 radical (unpaired) electrons. The van der Waals surface area contributed by atoms with Crippen molar-refractivity contribution < 1.29 is 14.5 Å². The Morgan fingerprint density at radius 3 is 2.64 bits per heavy atom. The van der Waals surface area contributed by atoms with Gasteiger partial charge < -0.3 is 15.4 Å². The standard InChI is InChI=1S/C18H21N3O4/c1-2-25-12-6-11-19-18(22)14-9-10-16(17(13-14)21(23)24)20-15-7-4-3-5-8-15/h3-5,7-10,13,20H,2,6,11-12H2,1H3,(H,19,22). The molecule has 7 nitrogen and oxygen atoms in total. The normalized spacial score (nSPS) is 10.3. The zero-order chi connectivity index (χ0) is 18.1. The highest BCUT2D eigenvalue weighted by Gasteiger charge is 2.17. The first-order chi connectivity index (χ1) is 12.1. The van der Waals surface area contributed by atoms with Crippen molar-refractivity contribution in [3.63, 3.8) is 0 Å². The molecule has 2 N–H and O–H groups in total. The summed E-state index contributed by atoms with van der Waals surface area (Å²) in [4.78, 5) is 23.0. The SMILES string of the molecule is CCOCCCNC(=O)c1ccc(Nc2ccccc2)c([N+](=O)[O-])c1. The number of benzene rings is 2. The number of ether oxygens (including phenoxy) is 1. The van der Waals surface area contributed by atoms with E-state index in [0.29, 0.717) is 31.9 Å². The van der Waals surface area contributed by atoms with Crippen molar-refractivity contribution in [1.82, 2.24) is 5.32 Å². The van der Waals surface area contributed by atoms with Crippen molar-refractivity contribution >= 4 is 23.0 Å². The Balaban J connectivity index is 2.07. The molecule has 0 fully saturated rings. The molecule has 2 aromatic carbocycles. The Morgan fingerprint density at radius 1 is 1.20 bits per heavy atom. The summed E-state index contributed by atoms with van der Waals surface area (Å²) in [5.74, 6) is -0.342. The van der Waals surface area contributed by atoms with E-state index in [4.69, 9.17) is 4.74 Å². The minimum absolute atomic E-state index is 0.147. The Bertz CT molecular complexity index is 720. The fourth-order valence-electron chi connectivity index (χ4n) is 2.23. The fourth-order valence-corrected chi connectivity index (χ4v) is 2.23. The predicted molar refractivity (Wildman–Crippen MR) is 96.3 cm³/mol. The summed E-state index contributed by atoms with van der Waals surface area (Å²) in [6.07, 6.45) is 0.690. The van der Waals surface area contributed by atoms with Gasteiger partial charge in [-0.15, -0.1) is 0 Å². The van der Waals surface area contributed by atoms with Crippen LogP contribution in [0.4, 0.5) is 17.1 Å². The van der Waals surface area contributed by atoms with Gasteiger partial charge in [-0.3, -0.25) is 14.9 Å². The van der Waals surface area contributed by atoms with E-state index in [1.54, 1.807) is 12.1 Å². The van der Waals surface area contributed by atoms with E-state index in [0.717, 1.165) is 5.69 Å². The molecule has 0 aliphatic rings. The van der Waals surface area contributed by atoms with Crippen LogP contribution in [0.1, 0.15) is 23.7 Å². The van der Waals surface area contributed by atoms with Crippen LogP contribution in [0.3, 0.4) is 0 Å². The molecule has 0 saturated heterocycles. The molecule has 7 heteroatoms. The third-order valence-corrected chi connectivity index (χ3v) is 3.46.